The Morgan fingerprint density at radius 1 is 0.632 bits per heavy atom. The fourth-order valence-electron chi connectivity index (χ4n) is 1.68. The molecule has 0 unspecified atom stereocenters. The van der Waals surface area contributed by atoms with E-state index in [0.717, 1.165) is 5.56 Å². The van der Waals surface area contributed by atoms with Crippen molar-refractivity contribution < 1.29 is 4.39 Å². The number of benzene rings is 2. The SMILES string of the molecule is Fc1ccccc1-c1nnc(-c2ccccc2)nn1. The van der Waals surface area contributed by atoms with Gasteiger partial charge in [0.15, 0.2) is 0 Å². The molecule has 3 rings (SSSR count). The third-order valence-corrected chi connectivity index (χ3v) is 2.63. The summed E-state index contributed by atoms with van der Waals surface area (Å²) >= 11 is 0. The van der Waals surface area contributed by atoms with E-state index in [2.05, 4.69) is 20.4 Å². The minimum absolute atomic E-state index is 0.179. The smallest absolute Gasteiger partial charge is 0.206 e. The van der Waals surface area contributed by atoms with Gasteiger partial charge in [0.2, 0.25) is 11.6 Å². The van der Waals surface area contributed by atoms with Crippen LogP contribution in [-0.2, 0) is 0 Å². The quantitative estimate of drug-likeness (QED) is 0.703. The Morgan fingerprint density at radius 2 is 1.21 bits per heavy atom. The van der Waals surface area contributed by atoms with Gasteiger partial charge in [0.25, 0.3) is 0 Å². The Balaban J connectivity index is 1.98. The van der Waals surface area contributed by atoms with Crippen LogP contribution in [0.15, 0.2) is 54.6 Å². The molecule has 19 heavy (non-hydrogen) atoms. The highest BCUT2D eigenvalue weighted by Gasteiger charge is 2.09. The summed E-state index contributed by atoms with van der Waals surface area (Å²) < 4.78 is 13.6. The maximum atomic E-state index is 13.6. The summed E-state index contributed by atoms with van der Waals surface area (Å²) in [5, 5.41) is 15.8. The third-order valence-electron chi connectivity index (χ3n) is 2.63. The van der Waals surface area contributed by atoms with Crippen molar-refractivity contribution in [1.29, 1.82) is 0 Å². The van der Waals surface area contributed by atoms with Crippen LogP contribution in [0.1, 0.15) is 0 Å². The van der Waals surface area contributed by atoms with E-state index in [4.69, 9.17) is 0 Å². The van der Waals surface area contributed by atoms with Gasteiger partial charge in [0, 0.05) is 5.56 Å². The molecule has 3 aromatic rings. The van der Waals surface area contributed by atoms with Crippen molar-refractivity contribution in [2.45, 2.75) is 0 Å². The van der Waals surface area contributed by atoms with Crippen molar-refractivity contribution in [2.24, 2.45) is 0 Å². The lowest BCUT2D eigenvalue weighted by Crippen LogP contribution is -2.00. The van der Waals surface area contributed by atoms with Crippen LogP contribution in [0.4, 0.5) is 4.39 Å². The van der Waals surface area contributed by atoms with Gasteiger partial charge in [-0.2, -0.15) is 0 Å². The van der Waals surface area contributed by atoms with E-state index < -0.39 is 5.82 Å². The lowest BCUT2D eigenvalue weighted by Gasteiger charge is -2.01. The van der Waals surface area contributed by atoms with E-state index in [1.807, 2.05) is 30.3 Å². The number of rotatable bonds is 2. The highest BCUT2D eigenvalue weighted by Crippen LogP contribution is 2.18. The number of aromatic nitrogens is 4. The molecule has 0 amide bonds. The average molecular weight is 252 g/mol. The summed E-state index contributed by atoms with van der Waals surface area (Å²) in [7, 11) is 0. The first-order chi connectivity index (χ1) is 9.34. The number of nitrogens with zero attached hydrogens (tertiary/aromatic N) is 4. The second kappa shape index (κ2) is 4.89. The predicted octanol–water partition coefficient (Wildman–Crippen LogP) is 2.74. The van der Waals surface area contributed by atoms with E-state index >= 15 is 0 Å². The van der Waals surface area contributed by atoms with Crippen molar-refractivity contribution in [3.8, 4) is 22.8 Å². The molecule has 0 radical (unpaired) electrons. The van der Waals surface area contributed by atoms with Gasteiger partial charge in [-0.25, -0.2) is 4.39 Å². The van der Waals surface area contributed by atoms with Gasteiger partial charge in [-0.15, -0.1) is 20.4 Å². The molecule has 0 N–H and O–H groups in total. The van der Waals surface area contributed by atoms with Gasteiger partial charge in [0.1, 0.15) is 5.82 Å². The molecule has 0 aliphatic heterocycles. The van der Waals surface area contributed by atoms with Crippen LogP contribution < -0.4 is 0 Å². The molecule has 4 nitrogen and oxygen atoms in total. The maximum absolute atomic E-state index is 13.6. The molecule has 0 atom stereocenters. The molecule has 2 aromatic carbocycles. The first-order valence-corrected chi connectivity index (χ1v) is 5.72. The predicted molar refractivity (Wildman–Crippen MR) is 68.5 cm³/mol. The second-order valence-corrected chi connectivity index (χ2v) is 3.89. The normalized spacial score (nSPS) is 10.4. The lowest BCUT2D eigenvalue weighted by atomic mass is 10.2. The molecule has 92 valence electrons. The Labute approximate surface area is 109 Å². The molecule has 0 fully saturated rings. The summed E-state index contributed by atoms with van der Waals surface area (Å²) in [5.41, 5.74) is 1.12. The Hall–Kier alpha value is -2.69. The van der Waals surface area contributed by atoms with Crippen LogP contribution >= 0.6 is 0 Å². The van der Waals surface area contributed by atoms with Crippen molar-refractivity contribution in [2.75, 3.05) is 0 Å². The van der Waals surface area contributed by atoms with Crippen LogP contribution in [0.3, 0.4) is 0 Å². The van der Waals surface area contributed by atoms with E-state index in [-0.39, 0.29) is 5.82 Å². The third kappa shape index (κ3) is 2.30. The molecule has 0 saturated heterocycles. The van der Waals surface area contributed by atoms with Gasteiger partial charge in [-0.3, -0.25) is 0 Å². The monoisotopic (exact) mass is 252 g/mol. The van der Waals surface area contributed by atoms with E-state index in [1.54, 1.807) is 18.2 Å². The van der Waals surface area contributed by atoms with Crippen molar-refractivity contribution in [1.82, 2.24) is 20.4 Å². The van der Waals surface area contributed by atoms with Crippen LogP contribution in [0.2, 0.25) is 0 Å². The van der Waals surface area contributed by atoms with E-state index in [9.17, 15) is 4.39 Å². The van der Waals surface area contributed by atoms with Gasteiger partial charge in [-0.1, -0.05) is 42.5 Å². The first kappa shape index (κ1) is 11.4. The zero-order valence-corrected chi connectivity index (χ0v) is 9.86. The topological polar surface area (TPSA) is 51.6 Å². The lowest BCUT2D eigenvalue weighted by molar-refractivity contribution is 0.628. The molecular formula is C14H9FN4. The summed E-state index contributed by atoms with van der Waals surface area (Å²) in [6.45, 7) is 0. The molecule has 5 heteroatoms. The highest BCUT2D eigenvalue weighted by molar-refractivity contribution is 5.56. The Bertz CT molecular complexity index is 683. The Morgan fingerprint density at radius 3 is 1.89 bits per heavy atom. The summed E-state index contributed by atoms with van der Waals surface area (Å²) in [6.07, 6.45) is 0. The maximum Gasteiger partial charge on any atom is 0.206 e. The zero-order valence-electron chi connectivity index (χ0n) is 9.86. The molecule has 0 bridgehead atoms. The van der Waals surface area contributed by atoms with Gasteiger partial charge in [0.05, 0.1) is 5.56 Å². The molecule has 1 aromatic heterocycles. The molecule has 0 spiro atoms. The number of hydrogen-bond donors (Lipinski definition) is 0. The van der Waals surface area contributed by atoms with Crippen molar-refractivity contribution in [3.63, 3.8) is 0 Å². The molecule has 1 heterocycles. The van der Waals surface area contributed by atoms with Crippen LogP contribution in [0.25, 0.3) is 22.8 Å². The van der Waals surface area contributed by atoms with Crippen LogP contribution in [0.5, 0.6) is 0 Å². The van der Waals surface area contributed by atoms with Crippen molar-refractivity contribution in [3.05, 3.63) is 60.4 Å². The molecule has 0 saturated carbocycles. The van der Waals surface area contributed by atoms with Gasteiger partial charge >= 0.3 is 0 Å². The Kier molecular flexibility index (Phi) is 2.94. The average Bonchev–Trinajstić information content (AvgIpc) is 2.49. The summed E-state index contributed by atoms with van der Waals surface area (Å²) in [6, 6.07) is 15.7. The molecule has 0 aliphatic rings. The summed E-state index contributed by atoms with van der Waals surface area (Å²) in [5.74, 6) is 0.206. The highest BCUT2D eigenvalue weighted by atomic mass is 19.1. The van der Waals surface area contributed by atoms with Crippen molar-refractivity contribution >= 4 is 0 Å². The fourth-order valence-corrected chi connectivity index (χ4v) is 1.68. The molecular weight excluding hydrogens is 243 g/mol. The van der Waals surface area contributed by atoms with E-state index in [1.165, 1.54) is 6.07 Å². The standard InChI is InChI=1S/C14H9FN4/c15-12-9-5-4-8-11(12)14-18-16-13(17-19-14)10-6-2-1-3-7-10/h1-9H. The number of halogens is 1. The summed E-state index contributed by atoms with van der Waals surface area (Å²) in [4.78, 5) is 0. The minimum Gasteiger partial charge on any atom is -0.206 e. The zero-order chi connectivity index (χ0) is 13.1. The largest absolute Gasteiger partial charge is 0.206 e. The van der Waals surface area contributed by atoms with Gasteiger partial charge < -0.3 is 0 Å². The fraction of sp³-hybridized carbons (Fsp3) is 0. The van der Waals surface area contributed by atoms with Gasteiger partial charge in [-0.05, 0) is 12.1 Å². The molecule has 0 aliphatic carbocycles. The van der Waals surface area contributed by atoms with E-state index in [0.29, 0.717) is 11.4 Å². The number of hydrogen-bond acceptors (Lipinski definition) is 4. The second-order valence-electron chi connectivity index (χ2n) is 3.89. The van der Waals surface area contributed by atoms with Crippen LogP contribution in [0, 0.1) is 5.82 Å². The first-order valence-electron chi connectivity index (χ1n) is 5.72. The van der Waals surface area contributed by atoms with Crippen LogP contribution in [-0.4, -0.2) is 20.4 Å². The minimum atomic E-state index is -0.390.